The van der Waals surface area contributed by atoms with Crippen molar-refractivity contribution in [1.29, 1.82) is 0 Å². The summed E-state index contributed by atoms with van der Waals surface area (Å²) in [6.45, 7) is 4.32. The van der Waals surface area contributed by atoms with Crippen LogP contribution in [0.3, 0.4) is 0 Å². The molecule has 0 heterocycles. The van der Waals surface area contributed by atoms with Gasteiger partial charge in [-0.1, -0.05) is 30.1 Å². The van der Waals surface area contributed by atoms with E-state index >= 15 is 0 Å². The van der Waals surface area contributed by atoms with Crippen molar-refractivity contribution in [3.63, 3.8) is 0 Å². The average Bonchev–Trinajstić information content (AvgIpc) is 2.23. The molecule has 0 unspecified atom stereocenters. The number of ether oxygens (including phenoxy) is 1. The summed E-state index contributed by atoms with van der Waals surface area (Å²) in [5.74, 6) is 0.527. The van der Waals surface area contributed by atoms with Gasteiger partial charge in [-0.15, -0.1) is 0 Å². The van der Waals surface area contributed by atoms with Crippen molar-refractivity contribution in [2.24, 2.45) is 0 Å². The molecule has 0 spiro atoms. The van der Waals surface area contributed by atoms with Crippen LogP contribution in [0.15, 0.2) is 12.1 Å². The minimum absolute atomic E-state index is 0.0115. The highest BCUT2D eigenvalue weighted by Gasteiger charge is 2.13. The Morgan fingerprint density at radius 3 is 2.50 bits per heavy atom. The van der Waals surface area contributed by atoms with Crippen LogP contribution in [0.1, 0.15) is 37.0 Å². The predicted octanol–water partition coefficient (Wildman–Crippen LogP) is 4.37. The zero-order valence-corrected chi connectivity index (χ0v) is 10.9. The van der Waals surface area contributed by atoms with Gasteiger partial charge in [0.15, 0.2) is 5.78 Å². The normalized spacial score (nSPS) is 10.2. The van der Waals surface area contributed by atoms with Crippen LogP contribution in [-0.2, 0) is 0 Å². The molecule has 88 valence electrons. The maximum atomic E-state index is 11.7. The number of hydrogen-bond donors (Lipinski definition) is 0. The molecule has 4 heteroatoms. The molecule has 0 N–H and O–H groups in total. The van der Waals surface area contributed by atoms with Gasteiger partial charge in [-0.05, 0) is 19.4 Å². The standard InChI is InChI=1S/C12H14Cl2O2/c1-3-5-11(15)8-6-10(14)12(16-4-2)7-9(8)13/h6-7H,3-5H2,1-2H3. The summed E-state index contributed by atoms with van der Waals surface area (Å²) in [6, 6.07) is 3.17. The molecular weight excluding hydrogens is 247 g/mol. The molecule has 1 aromatic rings. The third-order valence-electron chi connectivity index (χ3n) is 2.10. The molecule has 1 rings (SSSR count). The van der Waals surface area contributed by atoms with Gasteiger partial charge in [0.05, 0.1) is 16.7 Å². The van der Waals surface area contributed by atoms with Crippen LogP contribution >= 0.6 is 23.2 Å². The third-order valence-corrected chi connectivity index (χ3v) is 2.71. The summed E-state index contributed by atoms with van der Waals surface area (Å²) in [5, 5.41) is 0.817. The van der Waals surface area contributed by atoms with Gasteiger partial charge in [0, 0.05) is 18.1 Å². The van der Waals surface area contributed by atoms with Crippen LogP contribution in [0.5, 0.6) is 5.75 Å². The van der Waals surface area contributed by atoms with E-state index in [-0.39, 0.29) is 5.78 Å². The number of Topliss-reactive ketones (excluding diaryl/α,β-unsaturated/α-hetero) is 1. The van der Waals surface area contributed by atoms with Crippen molar-refractivity contribution in [2.75, 3.05) is 6.61 Å². The van der Waals surface area contributed by atoms with E-state index < -0.39 is 0 Å². The highest BCUT2D eigenvalue weighted by atomic mass is 35.5. The van der Waals surface area contributed by atoms with Gasteiger partial charge >= 0.3 is 0 Å². The van der Waals surface area contributed by atoms with E-state index in [0.717, 1.165) is 6.42 Å². The Bertz CT molecular complexity index is 389. The SMILES string of the molecule is CCCC(=O)c1cc(Cl)c(OCC)cc1Cl. The van der Waals surface area contributed by atoms with E-state index in [2.05, 4.69) is 0 Å². The molecule has 0 fully saturated rings. The zero-order chi connectivity index (χ0) is 12.1. The predicted molar refractivity (Wildman–Crippen MR) is 66.9 cm³/mol. The molecule has 0 aliphatic rings. The van der Waals surface area contributed by atoms with E-state index in [4.69, 9.17) is 27.9 Å². The van der Waals surface area contributed by atoms with Crippen LogP contribution in [0.4, 0.5) is 0 Å². The van der Waals surface area contributed by atoms with Gasteiger partial charge in [-0.25, -0.2) is 0 Å². The van der Waals surface area contributed by atoms with Crippen LogP contribution in [0, 0.1) is 0 Å². The molecule has 0 aromatic heterocycles. The fraction of sp³-hybridized carbons (Fsp3) is 0.417. The average molecular weight is 261 g/mol. The fourth-order valence-electron chi connectivity index (χ4n) is 1.37. The monoisotopic (exact) mass is 260 g/mol. The number of ketones is 1. The van der Waals surface area contributed by atoms with Gasteiger partial charge in [0.1, 0.15) is 5.75 Å². The number of rotatable bonds is 5. The first-order valence-electron chi connectivity index (χ1n) is 5.25. The molecule has 0 bridgehead atoms. The largest absolute Gasteiger partial charge is 0.492 e. The molecule has 1 aromatic carbocycles. The number of carbonyl (C=O) groups is 1. The molecule has 0 aliphatic carbocycles. The minimum atomic E-state index is 0.0115. The number of hydrogen-bond acceptors (Lipinski definition) is 2. The topological polar surface area (TPSA) is 26.3 Å². The minimum Gasteiger partial charge on any atom is -0.492 e. The van der Waals surface area contributed by atoms with Gasteiger partial charge in [0.2, 0.25) is 0 Å². The fourth-order valence-corrected chi connectivity index (χ4v) is 1.85. The maximum Gasteiger partial charge on any atom is 0.164 e. The van der Waals surface area contributed by atoms with Gasteiger partial charge in [-0.3, -0.25) is 4.79 Å². The van der Waals surface area contributed by atoms with E-state index in [9.17, 15) is 4.79 Å². The van der Waals surface area contributed by atoms with E-state index in [1.807, 2.05) is 13.8 Å². The summed E-state index contributed by atoms with van der Waals surface area (Å²) in [5.41, 5.74) is 0.469. The maximum absolute atomic E-state index is 11.7. The van der Waals surface area contributed by atoms with Crippen LogP contribution in [0.2, 0.25) is 10.0 Å². The lowest BCUT2D eigenvalue weighted by atomic mass is 10.1. The van der Waals surface area contributed by atoms with Gasteiger partial charge < -0.3 is 4.74 Å². The Morgan fingerprint density at radius 2 is 1.94 bits per heavy atom. The van der Waals surface area contributed by atoms with E-state index in [1.54, 1.807) is 12.1 Å². The molecule has 0 saturated carbocycles. The summed E-state index contributed by atoms with van der Waals surface area (Å²) in [6.07, 6.45) is 1.27. The smallest absolute Gasteiger partial charge is 0.164 e. The number of halogens is 2. The highest BCUT2D eigenvalue weighted by Crippen LogP contribution is 2.31. The lowest BCUT2D eigenvalue weighted by Crippen LogP contribution is -2.01. The highest BCUT2D eigenvalue weighted by molar-refractivity contribution is 6.36. The molecule has 0 radical (unpaired) electrons. The first kappa shape index (κ1) is 13.3. The molecule has 2 nitrogen and oxygen atoms in total. The number of benzene rings is 1. The molecule has 0 aliphatic heterocycles. The van der Waals surface area contributed by atoms with Gasteiger partial charge in [0.25, 0.3) is 0 Å². The molecule has 16 heavy (non-hydrogen) atoms. The molecule has 0 saturated heterocycles. The van der Waals surface area contributed by atoms with Crippen molar-refractivity contribution in [3.8, 4) is 5.75 Å². The first-order chi connectivity index (χ1) is 7.60. The lowest BCUT2D eigenvalue weighted by molar-refractivity contribution is 0.0982. The molecule has 0 atom stereocenters. The summed E-state index contributed by atoms with van der Waals surface area (Å²) in [4.78, 5) is 11.7. The Kier molecular flexibility index (Phi) is 5.10. The Balaban J connectivity index is 3.05. The second kappa shape index (κ2) is 6.12. The molecule has 0 amide bonds. The first-order valence-corrected chi connectivity index (χ1v) is 6.00. The van der Waals surface area contributed by atoms with E-state index in [1.165, 1.54) is 0 Å². The van der Waals surface area contributed by atoms with Crippen LogP contribution in [-0.4, -0.2) is 12.4 Å². The Hall–Kier alpha value is -0.730. The second-order valence-electron chi connectivity index (χ2n) is 3.37. The van der Waals surface area contributed by atoms with Crippen LogP contribution < -0.4 is 4.74 Å². The van der Waals surface area contributed by atoms with Crippen molar-refractivity contribution >= 4 is 29.0 Å². The summed E-state index contributed by atoms with van der Waals surface area (Å²) >= 11 is 12.0. The summed E-state index contributed by atoms with van der Waals surface area (Å²) < 4.78 is 5.28. The zero-order valence-electron chi connectivity index (χ0n) is 9.35. The van der Waals surface area contributed by atoms with Crippen molar-refractivity contribution in [1.82, 2.24) is 0 Å². The van der Waals surface area contributed by atoms with E-state index in [0.29, 0.717) is 34.4 Å². The third kappa shape index (κ3) is 3.13. The lowest BCUT2D eigenvalue weighted by Gasteiger charge is -2.09. The molecular formula is C12H14Cl2O2. The van der Waals surface area contributed by atoms with Crippen molar-refractivity contribution in [3.05, 3.63) is 27.7 Å². The van der Waals surface area contributed by atoms with Crippen molar-refractivity contribution < 1.29 is 9.53 Å². The second-order valence-corrected chi connectivity index (χ2v) is 4.18. The summed E-state index contributed by atoms with van der Waals surface area (Å²) in [7, 11) is 0. The van der Waals surface area contributed by atoms with Crippen LogP contribution in [0.25, 0.3) is 0 Å². The van der Waals surface area contributed by atoms with Gasteiger partial charge in [-0.2, -0.15) is 0 Å². The quantitative estimate of drug-likeness (QED) is 0.735. The Labute approximate surface area is 106 Å². The van der Waals surface area contributed by atoms with Crippen molar-refractivity contribution in [2.45, 2.75) is 26.7 Å². The Morgan fingerprint density at radius 1 is 1.25 bits per heavy atom. The number of carbonyl (C=O) groups excluding carboxylic acids is 1.